The van der Waals surface area contributed by atoms with E-state index in [0.29, 0.717) is 25.8 Å². The van der Waals surface area contributed by atoms with Gasteiger partial charge in [0, 0.05) is 14.5 Å². The van der Waals surface area contributed by atoms with E-state index in [9.17, 15) is 0 Å². The predicted molar refractivity (Wildman–Crippen MR) is 92.7 cm³/mol. The first-order valence-corrected chi connectivity index (χ1v) is 8.05. The largest absolute Gasteiger partial charge is 0.376 e. The van der Waals surface area contributed by atoms with Gasteiger partial charge in [0.1, 0.15) is 0 Å². The molecule has 1 N–H and O–H groups in total. The molecule has 2 aromatic rings. The highest BCUT2D eigenvalue weighted by molar-refractivity contribution is 9.10. The Morgan fingerprint density at radius 2 is 1.55 bits per heavy atom. The van der Waals surface area contributed by atoms with Gasteiger partial charge >= 0.3 is 0 Å². The van der Waals surface area contributed by atoms with Crippen molar-refractivity contribution in [1.82, 2.24) is 0 Å². The van der Waals surface area contributed by atoms with Gasteiger partial charge in [-0.15, -0.1) is 0 Å². The quantitative estimate of drug-likeness (QED) is 0.559. The second-order valence-electron chi connectivity index (χ2n) is 4.28. The summed E-state index contributed by atoms with van der Waals surface area (Å²) >= 11 is 27.8. The predicted octanol–water partition coefficient (Wildman–Crippen LogP) is 7.24. The summed E-state index contributed by atoms with van der Waals surface area (Å²) in [5.74, 6) is 0. The second-order valence-corrected chi connectivity index (χ2v) is 6.85. The molecule has 1 nitrogen and oxygen atoms in total. The number of halogens is 5. The van der Waals surface area contributed by atoms with E-state index in [1.54, 1.807) is 12.1 Å². The summed E-state index contributed by atoms with van der Waals surface area (Å²) in [4.78, 5) is 0. The van der Waals surface area contributed by atoms with Crippen molar-refractivity contribution in [3.05, 3.63) is 60.5 Å². The van der Waals surface area contributed by atoms with E-state index in [-0.39, 0.29) is 6.04 Å². The van der Waals surface area contributed by atoms with Crippen LogP contribution < -0.4 is 5.32 Å². The smallest absolute Gasteiger partial charge is 0.0724 e. The number of anilines is 1. The lowest BCUT2D eigenvalue weighted by molar-refractivity contribution is 0.885. The molecule has 1 atom stereocenters. The second kappa shape index (κ2) is 6.76. The van der Waals surface area contributed by atoms with Crippen LogP contribution in [0.15, 0.2) is 34.8 Å². The van der Waals surface area contributed by atoms with E-state index >= 15 is 0 Å². The van der Waals surface area contributed by atoms with Crippen molar-refractivity contribution in [3.63, 3.8) is 0 Å². The van der Waals surface area contributed by atoms with Crippen LogP contribution in [-0.2, 0) is 0 Å². The molecule has 0 aliphatic rings. The molecule has 20 heavy (non-hydrogen) atoms. The van der Waals surface area contributed by atoms with Gasteiger partial charge in [0.25, 0.3) is 0 Å². The number of rotatable bonds is 3. The normalized spacial score (nSPS) is 12.3. The van der Waals surface area contributed by atoms with Gasteiger partial charge < -0.3 is 5.32 Å². The van der Waals surface area contributed by atoms with Crippen LogP contribution in [0.25, 0.3) is 0 Å². The fourth-order valence-corrected chi connectivity index (χ4v) is 3.59. The zero-order chi connectivity index (χ0) is 14.9. The highest BCUT2D eigenvalue weighted by Gasteiger charge is 2.14. The Kier molecular flexibility index (Phi) is 5.49. The average molecular weight is 414 g/mol. The number of hydrogen-bond acceptors (Lipinski definition) is 1. The van der Waals surface area contributed by atoms with Crippen molar-refractivity contribution < 1.29 is 0 Å². The molecule has 0 radical (unpaired) electrons. The van der Waals surface area contributed by atoms with Crippen LogP contribution in [0.1, 0.15) is 18.5 Å². The Bertz CT molecular complexity index is 622. The third kappa shape index (κ3) is 3.75. The molecule has 0 saturated heterocycles. The molecule has 0 aromatic heterocycles. The monoisotopic (exact) mass is 411 g/mol. The molecule has 0 amide bonds. The Hall–Kier alpha value is -0.120. The van der Waals surface area contributed by atoms with Crippen LogP contribution in [0.4, 0.5) is 5.69 Å². The summed E-state index contributed by atoms with van der Waals surface area (Å²) in [6.07, 6.45) is 0. The number of hydrogen-bond donors (Lipinski definition) is 1. The van der Waals surface area contributed by atoms with E-state index < -0.39 is 0 Å². The van der Waals surface area contributed by atoms with Crippen molar-refractivity contribution in [2.24, 2.45) is 0 Å². The van der Waals surface area contributed by atoms with Gasteiger partial charge in [-0.1, -0.05) is 68.4 Å². The molecule has 0 saturated carbocycles. The molecule has 1 unspecified atom stereocenters. The molecule has 0 bridgehead atoms. The zero-order valence-electron chi connectivity index (χ0n) is 10.4. The molecule has 0 heterocycles. The third-order valence-corrected chi connectivity index (χ3v) is 4.43. The first-order chi connectivity index (χ1) is 9.38. The molecule has 0 aliphatic heterocycles. The lowest BCUT2D eigenvalue weighted by Gasteiger charge is -2.19. The van der Waals surface area contributed by atoms with Crippen LogP contribution in [0, 0.1) is 0 Å². The molecular formula is C14H10BrCl4N. The minimum atomic E-state index is -0.0493. The molecular weight excluding hydrogens is 404 g/mol. The van der Waals surface area contributed by atoms with E-state index in [4.69, 9.17) is 46.4 Å². The molecule has 106 valence electrons. The summed E-state index contributed by atoms with van der Waals surface area (Å²) in [6.45, 7) is 1.98. The van der Waals surface area contributed by atoms with E-state index in [1.807, 2.05) is 25.1 Å². The molecule has 0 spiro atoms. The van der Waals surface area contributed by atoms with Crippen LogP contribution >= 0.6 is 62.3 Å². The summed E-state index contributed by atoms with van der Waals surface area (Å²) in [6, 6.07) is 8.97. The average Bonchev–Trinajstić information content (AvgIpc) is 2.33. The van der Waals surface area contributed by atoms with Gasteiger partial charge in [-0.25, -0.2) is 0 Å². The molecule has 6 heteroatoms. The highest BCUT2D eigenvalue weighted by Crippen LogP contribution is 2.37. The minimum Gasteiger partial charge on any atom is -0.376 e. The van der Waals surface area contributed by atoms with Gasteiger partial charge in [-0.2, -0.15) is 0 Å². The van der Waals surface area contributed by atoms with Crippen molar-refractivity contribution in [3.8, 4) is 0 Å². The topological polar surface area (TPSA) is 12.0 Å². The standard InChI is InChI=1S/C14H10BrCl4N/c1-7(10-3-2-8(15)4-11(10)17)20-14-12(18)5-9(16)6-13(14)19/h2-7,20H,1H3. The zero-order valence-corrected chi connectivity index (χ0v) is 15.0. The van der Waals surface area contributed by atoms with Crippen LogP contribution in [0.3, 0.4) is 0 Å². The van der Waals surface area contributed by atoms with Crippen LogP contribution in [-0.4, -0.2) is 0 Å². The maximum atomic E-state index is 6.24. The van der Waals surface area contributed by atoms with Crippen molar-refractivity contribution in [1.29, 1.82) is 0 Å². The lowest BCUT2D eigenvalue weighted by Crippen LogP contribution is -2.08. The Morgan fingerprint density at radius 3 is 2.10 bits per heavy atom. The van der Waals surface area contributed by atoms with E-state index in [2.05, 4.69) is 21.2 Å². The Morgan fingerprint density at radius 1 is 0.950 bits per heavy atom. The van der Waals surface area contributed by atoms with E-state index in [1.165, 1.54) is 0 Å². The molecule has 0 aliphatic carbocycles. The van der Waals surface area contributed by atoms with Crippen LogP contribution in [0.2, 0.25) is 20.1 Å². The highest BCUT2D eigenvalue weighted by atomic mass is 79.9. The van der Waals surface area contributed by atoms with Crippen molar-refractivity contribution >= 4 is 68.0 Å². The van der Waals surface area contributed by atoms with E-state index in [0.717, 1.165) is 10.0 Å². The molecule has 2 aromatic carbocycles. The van der Waals surface area contributed by atoms with Gasteiger partial charge in [-0.3, -0.25) is 0 Å². The fraction of sp³-hybridized carbons (Fsp3) is 0.143. The first kappa shape index (κ1) is 16.3. The van der Waals surface area contributed by atoms with Crippen molar-refractivity contribution in [2.45, 2.75) is 13.0 Å². The van der Waals surface area contributed by atoms with Gasteiger partial charge in [0.15, 0.2) is 0 Å². The van der Waals surface area contributed by atoms with Gasteiger partial charge in [0.05, 0.1) is 21.8 Å². The minimum absolute atomic E-state index is 0.0493. The van der Waals surface area contributed by atoms with Gasteiger partial charge in [-0.05, 0) is 36.8 Å². The maximum Gasteiger partial charge on any atom is 0.0724 e. The number of benzene rings is 2. The Balaban J connectivity index is 2.30. The Labute approximate surface area is 146 Å². The maximum absolute atomic E-state index is 6.24. The summed E-state index contributed by atoms with van der Waals surface area (Å²) in [5, 5.41) is 5.38. The SMILES string of the molecule is CC(Nc1c(Cl)cc(Cl)cc1Cl)c1ccc(Br)cc1Cl. The van der Waals surface area contributed by atoms with Gasteiger partial charge in [0.2, 0.25) is 0 Å². The molecule has 2 rings (SSSR count). The van der Waals surface area contributed by atoms with Crippen molar-refractivity contribution in [2.75, 3.05) is 5.32 Å². The summed E-state index contributed by atoms with van der Waals surface area (Å²) < 4.78 is 0.931. The first-order valence-electron chi connectivity index (χ1n) is 5.74. The number of nitrogens with one attached hydrogen (secondary N) is 1. The third-order valence-electron chi connectivity index (χ3n) is 2.80. The summed E-state index contributed by atoms with van der Waals surface area (Å²) in [7, 11) is 0. The van der Waals surface area contributed by atoms with Crippen LogP contribution in [0.5, 0.6) is 0 Å². The fourth-order valence-electron chi connectivity index (χ4n) is 1.83. The summed E-state index contributed by atoms with van der Waals surface area (Å²) in [5.41, 5.74) is 1.60. The lowest BCUT2D eigenvalue weighted by atomic mass is 10.1. The molecule has 0 fully saturated rings.